The lowest BCUT2D eigenvalue weighted by Gasteiger charge is -2.05. The summed E-state index contributed by atoms with van der Waals surface area (Å²) in [6.45, 7) is -0.335. The molecule has 0 saturated heterocycles. The zero-order valence-corrected chi connectivity index (χ0v) is 16.8. The van der Waals surface area contributed by atoms with Crippen LogP contribution in [0.25, 0.3) is 11.0 Å². The molecule has 0 saturated carbocycles. The molecule has 1 heterocycles. The second-order valence-corrected chi connectivity index (χ2v) is 7.02. The maximum Gasteiger partial charge on any atom is 0.259 e. The van der Waals surface area contributed by atoms with Gasteiger partial charge in [-0.1, -0.05) is 34.8 Å². The van der Waals surface area contributed by atoms with E-state index in [2.05, 4.69) is 15.8 Å². The first kappa shape index (κ1) is 20.9. The van der Waals surface area contributed by atoms with E-state index in [1.165, 1.54) is 30.5 Å². The number of hydrogen-bond acceptors (Lipinski definition) is 5. The van der Waals surface area contributed by atoms with Crippen LogP contribution in [0.3, 0.4) is 0 Å². The van der Waals surface area contributed by atoms with Gasteiger partial charge in [0.2, 0.25) is 5.43 Å². The minimum atomic E-state index is -0.595. The number of halogens is 3. The zero-order chi connectivity index (χ0) is 21.0. The van der Waals surface area contributed by atoms with Gasteiger partial charge in [-0.2, -0.15) is 5.10 Å². The van der Waals surface area contributed by atoms with Gasteiger partial charge in [0.05, 0.1) is 33.8 Å². The summed E-state index contributed by atoms with van der Waals surface area (Å²) < 4.78 is 5.34. The Morgan fingerprint density at radius 2 is 1.86 bits per heavy atom. The molecule has 0 radical (unpaired) electrons. The molecule has 148 valence electrons. The molecule has 3 aromatic rings. The number of nitrogens with one attached hydrogen (secondary N) is 2. The molecule has 0 bridgehead atoms. The normalized spacial score (nSPS) is 11.0. The Bertz CT molecular complexity index is 1190. The average molecular weight is 453 g/mol. The van der Waals surface area contributed by atoms with Gasteiger partial charge < -0.3 is 9.73 Å². The fourth-order valence-corrected chi connectivity index (χ4v) is 2.79. The third kappa shape index (κ3) is 5.14. The minimum Gasteiger partial charge on any atom is -0.463 e. The Morgan fingerprint density at radius 3 is 2.62 bits per heavy atom. The van der Waals surface area contributed by atoms with Crippen LogP contribution in [0.1, 0.15) is 15.9 Å². The van der Waals surface area contributed by atoms with Gasteiger partial charge in [-0.15, -0.1) is 0 Å². The molecule has 3 rings (SSSR count). The fraction of sp³-hybridized carbons (Fsp3) is 0.0526. The van der Waals surface area contributed by atoms with E-state index in [1.807, 2.05) is 0 Å². The zero-order valence-electron chi connectivity index (χ0n) is 14.5. The summed E-state index contributed by atoms with van der Waals surface area (Å²) in [5, 5.41) is 7.34. The summed E-state index contributed by atoms with van der Waals surface area (Å²) in [6.07, 6.45) is 2.37. The molecule has 2 amide bonds. The predicted molar refractivity (Wildman–Crippen MR) is 112 cm³/mol. The highest BCUT2D eigenvalue weighted by Crippen LogP contribution is 2.22. The van der Waals surface area contributed by atoms with Crippen molar-refractivity contribution in [2.24, 2.45) is 5.10 Å². The lowest BCUT2D eigenvalue weighted by Crippen LogP contribution is -2.35. The van der Waals surface area contributed by atoms with Crippen LogP contribution < -0.4 is 16.2 Å². The monoisotopic (exact) mass is 451 g/mol. The molecular formula is C19H12Cl3N3O4. The van der Waals surface area contributed by atoms with E-state index in [1.54, 1.807) is 12.1 Å². The lowest BCUT2D eigenvalue weighted by atomic mass is 10.2. The predicted octanol–water partition coefficient (Wildman–Crippen LogP) is 3.63. The molecule has 0 aliphatic carbocycles. The molecule has 10 heteroatoms. The summed E-state index contributed by atoms with van der Waals surface area (Å²) >= 11 is 17.5. The number of rotatable bonds is 5. The van der Waals surface area contributed by atoms with E-state index in [4.69, 9.17) is 39.2 Å². The summed E-state index contributed by atoms with van der Waals surface area (Å²) in [5.41, 5.74) is 2.62. The summed E-state index contributed by atoms with van der Waals surface area (Å²) in [4.78, 5) is 36.2. The SMILES string of the molecule is O=C(CNC(=O)c1ccc(Cl)c(Cl)c1)N/N=C\c1coc2ccc(Cl)cc2c1=O. The number of nitrogens with zero attached hydrogens (tertiary/aromatic N) is 1. The van der Waals surface area contributed by atoms with Crippen LogP contribution in [0.15, 0.2) is 57.0 Å². The second kappa shape index (κ2) is 9.09. The largest absolute Gasteiger partial charge is 0.463 e. The molecule has 0 aliphatic rings. The van der Waals surface area contributed by atoms with E-state index in [0.717, 1.165) is 6.21 Å². The molecule has 0 aliphatic heterocycles. The summed E-state index contributed by atoms with van der Waals surface area (Å²) in [6, 6.07) is 9.01. The molecule has 0 unspecified atom stereocenters. The molecule has 0 atom stereocenters. The molecule has 2 aromatic carbocycles. The van der Waals surface area contributed by atoms with Crippen molar-refractivity contribution < 1.29 is 14.0 Å². The van der Waals surface area contributed by atoms with Crippen molar-refractivity contribution in [3.63, 3.8) is 0 Å². The molecule has 7 nitrogen and oxygen atoms in total. The van der Waals surface area contributed by atoms with Gasteiger partial charge in [0, 0.05) is 10.6 Å². The molecule has 29 heavy (non-hydrogen) atoms. The molecule has 2 N–H and O–H groups in total. The number of carbonyl (C=O) groups excluding carboxylic acids is 2. The maximum atomic E-state index is 12.4. The number of carbonyl (C=O) groups is 2. The van der Waals surface area contributed by atoms with Crippen molar-refractivity contribution in [1.29, 1.82) is 0 Å². The van der Waals surface area contributed by atoms with Crippen LogP contribution in [-0.4, -0.2) is 24.6 Å². The quantitative estimate of drug-likeness (QED) is 0.456. The topological polar surface area (TPSA) is 101 Å². The Morgan fingerprint density at radius 1 is 1.07 bits per heavy atom. The van der Waals surface area contributed by atoms with E-state index >= 15 is 0 Å². The number of benzene rings is 2. The maximum absolute atomic E-state index is 12.4. The third-order valence-electron chi connectivity index (χ3n) is 3.75. The van der Waals surface area contributed by atoms with Crippen molar-refractivity contribution in [3.8, 4) is 0 Å². The highest BCUT2D eigenvalue weighted by molar-refractivity contribution is 6.42. The van der Waals surface area contributed by atoms with Crippen LogP contribution in [0.5, 0.6) is 0 Å². The standard InChI is InChI=1S/C19H12Cl3N3O4/c20-12-2-4-16-13(6-12)18(27)11(9-29-16)7-24-25-17(26)8-23-19(28)10-1-3-14(21)15(22)5-10/h1-7,9H,8H2,(H,23,28)(H,25,26)/b24-7-. The van der Waals surface area contributed by atoms with E-state index < -0.39 is 11.8 Å². The van der Waals surface area contributed by atoms with Crippen LogP contribution in [0.2, 0.25) is 15.1 Å². The van der Waals surface area contributed by atoms with Crippen LogP contribution in [0, 0.1) is 0 Å². The summed E-state index contributed by atoms with van der Waals surface area (Å²) in [7, 11) is 0. The number of amides is 2. The minimum absolute atomic E-state index is 0.125. The highest BCUT2D eigenvalue weighted by atomic mass is 35.5. The Balaban J connectivity index is 1.59. The molecular weight excluding hydrogens is 441 g/mol. The number of hydrogen-bond donors (Lipinski definition) is 2. The van der Waals surface area contributed by atoms with Crippen molar-refractivity contribution in [2.75, 3.05) is 6.54 Å². The third-order valence-corrected chi connectivity index (χ3v) is 4.72. The van der Waals surface area contributed by atoms with Crippen molar-refractivity contribution >= 4 is 63.8 Å². The van der Waals surface area contributed by atoms with Gasteiger partial charge in [-0.05, 0) is 36.4 Å². The van der Waals surface area contributed by atoms with Gasteiger partial charge in [-0.25, -0.2) is 5.43 Å². The summed E-state index contributed by atoms with van der Waals surface area (Å²) in [5.74, 6) is -1.10. The van der Waals surface area contributed by atoms with Crippen LogP contribution in [-0.2, 0) is 4.79 Å². The average Bonchev–Trinajstić information content (AvgIpc) is 2.70. The second-order valence-electron chi connectivity index (χ2n) is 5.77. The van der Waals surface area contributed by atoms with E-state index in [-0.39, 0.29) is 28.1 Å². The van der Waals surface area contributed by atoms with E-state index in [9.17, 15) is 14.4 Å². The smallest absolute Gasteiger partial charge is 0.259 e. The highest BCUT2D eigenvalue weighted by Gasteiger charge is 2.10. The van der Waals surface area contributed by atoms with E-state index in [0.29, 0.717) is 21.0 Å². The molecule has 1 aromatic heterocycles. The molecule has 0 spiro atoms. The molecule has 0 fully saturated rings. The Kier molecular flexibility index (Phi) is 6.53. The van der Waals surface area contributed by atoms with Gasteiger partial charge >= 0.3 is 0 Å². The van der Waals surface area contributed by atoms with Crippen molar-refractivity contribution in [3.05, 3.63) is 79.1 Å². The van der Waals surface area contributed by atoms with Crippen LogP contribution >= 0.6 is 34.8 Å². The van der Waals surface area contributed by atoms with Crippen molar-refractivity contribution in [2.45, 2.75) is 0 Å². The van der Waals surface area contributed by atoms with Crippen molar-refractivity contribution in [1.82, 2.24) is 10.7 Å². The lowest BCUT2D eigenvalue weighted by molar-refractivity contribution is -0.120. The Hall–Kier alpha value is -2.87. The number of fused-ring (bicyclic) bond motifs is 1. The first-order valence-corrected chi connectivity index (χ1v) is 9.25. The first-order valence-electron chi connectivity index (χ1n) is 8.11. The van der Waals surface area contributed by atoms with Gasteiger partial charge in [-0.3, -0.25) is 14.4 Å². The Labute approximate surface area is 179 Å². The van der Waals surface area contributed by atoms with Crippen LogP contribution in [0.4, 0.5) is 0 Å². The number of hydrazone groups is 1. The van der Waals surface area contributed by atoms with Gasteiger partial charge in [0.1, 0.15) is 11.8 Å². The fourth-order valence-electron chi connectivity index (χ4n) is 2.32. The van der Waals surface area contributed by atoms with Gasteiger partial charge in [0.25, 0.3) is 11.8 Å². The van der Waals surface area contributed by atoms with Gasteiger partial charge in [0.15, 0.2) is 0 Å². The first-order chi connectivity index (χ1) is 13.8.